The zero-order valence-corrected chi connectivity index (χ0v) is 18.8. The number of rotatable bonds is 7. The zero-order valence-electron chi connectivity index (χ0n) is 18.8. The quantitative estimate of drug-likeness (QED) is 0.453. The molecule has 3 heterocycles. The topological polar surface area (TPSA) is 129 Å². The summed E-state index contributed by atoms with van der Waals surface area (Å²) in [5.74, 6) is 0.342. The van der Waals surface area contributed by atoms with Crippen molar-refractivity contribution in [3.05, 3.63) is 52.8 Å². The molecule has 5 rings (SSSR count). The highest BCUT2D eigenvalue weighted by Gasteiger charge is 2.50. The fourth-order valence-corrected chi connectivity index (χ4v) is 5.52. The summed E-state index contributed by atoms with van der Waals surface area (Å²) in [5.41, 5.74) is 0.813. The molecule has 2 aromatic heterocycles. The summed E-state index contributed by atoms with van der Waals surface area (Å²) in [6.45, 7) is 0.519. The van der Waals surface area contributed by atoms with E-state index in [2.05, 4.69) is 15.3 Å². The molecule has 2 aliphatic rings. The predicted molar refractivity (Wildman–Crippen MR) is 124 cm³/mol. The smallest absolute Gasteiger partial charge is 0.325 e. The average Bonchev–Trinajstić information content (AvgIpc) is 3.61. The number of H-pyrrole nitrogens is 2. The van der Waals surface area contributed by atoms with Crippen LogP contribution in [0.4, 0.5) is 0 Å². The third-order valence-corrected chi connectivity index (χ3v) is 7.10. The molecule has 3 N–H and O–H groups in total. The Balaban J connectivity index is 1.40. The molecule has 0 radical (unpaired) electrons. The molecule has 2 amide bonds. The Bertz CT molecular complexity index is 1290. The number of imidazole rings is 1. The molecule has 1 saturated heterocycles. The summed E-state index contributed by atoms with van der Waals surface area (Å²) in [5, 5.41) is 3.56. The lowest BCUT2D eigenvalue weighted by molar-refractivity contribution is -0.128. The number of aldehydes is 1. The van der Waals surface area contributed by atoms with E-state index in [4.69, 9.17) is 4.74 Å². The van der Waals surface area contributed by atoms with E-state index in [0.717, 1.165) is 30.2 Å². The second-order valence-corrected chi connectivity index (χ2v) is 9.03. The van der Waals surface area contributed by atoms with Crippen molar-refractivity contribution >= 4 is 29.0 Å². The first-order valence-corrected chi connectivity index (χ1v) is 11.5. The van der Waals surface area contributed by atoms with Gasteiger partial charge in [0.05, 0.1) is 13.7 Å². The van der Waals surface area contributed by atoms with Crippen LogP contribution in [0.15, 0.2) is 41.5 Å². The molecule has 0 spiro atoms. The molecule has 10 nitrogen and oxygen atoms in total. The highest BCUT2D eigenvalue weighted by Crippen LogP contribution is 2.43. The van der Waals surface area contributed by atoms with Gasteiger partial charge >= 0.3 is 5.69 Å². The normalized spacial score (nSPS) is 22.5. The molecule has 4 atom stereocenters. The third-order valence-electron chi connectivity index (χ3n) is 7.10. The fraction of sp³-hybridized carbons (Fsp3) is 0.417. The maximum absolute atomic E-state index is 13.6. The summed E-state index contributed by atoms with van der Waals surface area (Å²) in [6.07, 6.45) is 6.45. The van der Waals surface area contributed by atoms with Gasteiger partial charge in [-0.25, -0.2) is 4.79 Å². The summed E-state index contributed by atoms with van der Waals surface area (Å²) >= 11 is 0. The molecule has 34 heavy (non-hydrogen) atoms. The second kappa shape index (κ2) is 8.85. The van der Waals surface area contributed by atoms with Gasteiger partial charge in [-0.15, -0.1) is 0 Å². The largest absolute Gasteiger partial charge is 0.496 e. The molecule has 178 valence electrons. The van der Waals surface area contributed by atoms with Crippen LogP contribution in [0.2, 0.25) is 0 Å². The third kappa shape index (κ3) is 3.78. The van der Waals surface area contributed by atoms with Crippen molar-refractivity contribution < 1.29 is 19.1 Å². The summed E-state index contributed by atoms with van der Waals surface area (Å²) in [7, 11) is 1.58. The van der Waals surface area contributed by atoms with E-state index < -0.39 is 12.1 Å². The van der Waals surface area contributed by atoms with Crippen LogP contribution in [0.1, 0.15) is 29.8 Å². The van der Waals surface area contributed by atoms with Crippen LogP contribution in [-0.4, -0.2) is 63.3 Å². The molecular formula is C24H27N5O5. The maximum atomic E-state index is 13.6. The Hall–Kier alpha value is -3.82. The van der Waals surface area contributed by atoms with Crippen molar-refractivity contribution in [3.63, 3.8) is 0 Å². The van der Waals surface area contributed by atoms with Gasteiger partial charge in [0.25, 0.3) is 5.91 Å². The number of aromatic nitrogens is 3. The number of carbonyl (C=O) groups is 3. The number of hydrogen-bond donors (Lipinski definition) is 3. The van der Waals surface area contributed by atoms with Gasteiger partial charge in [-0.3, -0.25) is 14.2 Å². The van der Waals surface area contributed by atoms with Crippen molar-refractivity contribution in [1.82, 2.24) is 24.8 Å². The van der Waals surface area contributed by atoms with E-state index in [-0.39, 0.29) is 35.9 Å². The van der Waals surface area contributed by atoms with Crippen molar-refractivity contribution in [3.8, 4) is 5.75 Å². The van der Waals surface area contributed by atoms with E-state index in [1.165, 1.54) is 17.0 Å². The van der Waals surface area contributed by atoms with Crippen LogP contribution in [0.5, 0.6) is 5.75 Å². The van der Waals surface area contributed by atoms with Gasteiger partial charge in [-0.2, -0.15) is 0 Å². The van der Waals surface area contributed by atoms with E-state index in [1.54, 1.807) is 18.1 Å². The average molecular weight is 466 g/mol. The van der Waals surface area contributed by atoms with Gasteiger partial charge in [0.1, 0.15) is 29.8 Å². The molecule has 1 aliphatic carbocycles. The summed E-state index contributed by atoms with van der Waals surface area (Å²) in [6, 6.07) is 5.75. The Labute approximate surface area is 195 Å². The molecule has 3 aromatic rings. The maximum Gasteiger partial charge on any atom is 0.325 e. The molecule has 2 fully saturated rings. The Kier molecular flexibility index (Phi) is 5.72. The number of methoxy groups -OCH3 is 1. The number of nitrogens with one attached hydrogen (secondary N) is 3. The lowest BCUT2D eigenvalue weighted by atomic mass is 9.93. The van der Waals surface area contributed by atoms with Crippen molar-refractivity contribution in [1.29, 1.82) is 0 Å². The van der Waals surface area contributed by atoms with Crippen LogP contribution in [-0.2, 0) is 16.1 Å². The first kappa shape index (κ1) is 22.0. The number of hydrogen-bond acceptors (Lipinski definition) is 5. The lowest BCUT2D eigenvalue weighted by Crippen LogP contribution is -2.52. The Morgan fingerprint density at radius 2 is 2.18 bits per heavy atom. The number of aromatic amines is 2. The lowest BCUT2D eigenvalue weighted by Gasteiger charge is -2.28. The number of benzene rings is 1. The van der Waals surface area contributed by atoms with Gasteiger partial charge in [0, 0.05) is 29.8 Å². The highest BCUT2D eigenvalue weighted by atomic mass is 16.5. The molecule has 10 heteroatoms. The minimum absolute atomic E-state index is 0.0220. The van der Waals surface area contributed by atoms with Crippen LogP contribution in [0.25, 0.3) is 10.9 Å². The number of ether oxygens (including phenoxy) is 1. The van der Waals surface area contributed by atoms with E-state index in [0.29, 0.717) is 24.3 Å². The summed E-state index contributed by atoms with van der Waals surface area (Å²) < 4.78 is 6.73. The monoisotopic (exact) mass is 465 g/mol. The van der Waals surface area contributed by atoms with Gasteiger partial charge in [0.15, 0.2) is 0 Å². The van der Waals surface area contributed by atoms with E-state index in [1.807, 2.05) is 18.2 Å². The standard InChI is InChI=1S/C24H27N5O5/c1-34-20-7-3-6-18-17(20)10-19(27-18)23(32)29-11-14-4-2-5-16(14)21(29)22(31)26-15(13-30)12-28-9-8-25-24(28)33/h3,6-10,13-16,21,27H,2,4-5,11-12H2,1H3,(H,25,33)(H,26,31)/t14-,15-,16-,21-/m0/s1. The predicted octanol–water partition coefficient (Wildman–Crippen LogP) is 1.29. The van der Waals surface area contributed by atoms with Crippen LogP contribution < -0.4 is 15.7 Å². The minimum Gasteiger partial charge on any atom is -0.496 e. The molecule has 1 saturated carbocycles. The van der Waals surface area contributed by atoms with Crippen molar-refractivity contribution in [2.75, 3.05) is 13.7 Å². The van der Waals surface area contributed by atoms with Gasteiger partial charge in [-0.05, 0) is 42.9 Å². The van der Waals surface area contributed by atoms with Crippen LogP contribution in [0.3, 0.4) is 0 Å². The van der Waals surface area contributed by atoms with Crippen molar-refractivity contribution in [2.24, 2.45) is 11.8 Å². The number of likely N-dealkylation sites (tertiary alicyclic amines) is 1. The molecule has 1 aromatic carbocycles. The fourth-order valence-electron chi connectivity index (χ4n) is 5.52. The Morgan fingerprint density at radius 3 is 2.91 bits per heavy atom. The Morgan fingerprint density at radius 1 is 1.32 bits per heavy atom. The first-order valence-electron chi connectivity index (χ1n) is 11.5. The number of carbonyl (C=O) groups excluding carboxylic acids is 3. The highest BCUT2D eigenvalue weighted by molar-refractivity contribution is 6.02. The van der Waals surface area contributed by atoms with Gasteiger partial charge in [-0.1, -0.05) is 12.5 Å². The zero-order chi connectivity index (χ0) is 23.8. The van der Waals surface area contributed by atoms with Crippen molar-refractivity contribution in [2.45, 2.75) is 37.9 Å². The molecular weight excluding hydrogens is 438 g/mol. The SMILES string of the molecule is COc1cccc2[nH]c(C(=O)N3C[C@@H]4CCC[C@@H]4[C@H]3C(=O)N[C@H](C=O)Cn3cc[nH]c3=O)cc12. The first-order chi connectivity index (χ1) is 16.5. The molecule has 1 aliphatic heterocycles. The minimum atomic E-state index is -0.879. The second-order valence-electron chi connectivity index (χ2n) is 9.03. The van der Waals surface area contributed by atoms with Crippen LogP contribution in [0, 0.1) is 11.8 Å². The molecule has 0 unspecified atom stereocenters. The summed E-state index contributed by atoms with van der Waals surface area (Å²) in [4.78, 5) is 57.7. The van der Waals surface area contributed by atoms with Gasteiger partial charge < -0.3 is 29.7 Å². The molecule has 0 bridgehead atoms. The van der Waals surface area contributed by atoms with E-state index in [9.17, 15) is 19.2 Å². The number of amides is 2. The number of fused-ring (bicyclic) bond motifs is 2. The van der Waals surface area contributed by atoms with Gasteiger partial charge in [0.2, 0.25) is 5.91 Å². The van der Waals surface area contributed by atoms with E-state index >= 15 is 0 Å². The number of nitrogens with zero attached hydrogens (tertiary/aromatic N) is 2. The van der Waals surface area contributed by atoms with Crippen LogP contribution >= 0.6 is 0 Å².